The number of hydrogen-bond donors (Lipinski definition) is 2. The van der Waals surface area contributed by atoms with Crippen molar-refractivity contribution in [2.75, 3.05) is 19.5 Å². The number of carbonyl (C=O) groups is 2. The normalized spacial score (nSPS) is 15.0. The Labute approximate surface area is 177 Å². The SMILES string of the molecule is COC(=O)c1c(C)[nH]c(-c2ccc(F)cc2OC)c1[C@@H]1C(=O)Nc2c(Cl)cccc21. The van der Waals surface area contributed by atoms with Crippen molar-refractivity contribution in [2.24, 2.45) is 0 Å². The second-order valence-corrected chi connectivity index (χ2v) is 7.28. The predicted molar refractivity (Wildman–Crippen MR) is 111 cm³/mol. The van der Waals surface area contributed by atoms with E-state index in [0.717, 1.165) is 0 Å². The van der Waals surface area contributed by atoms with Crippen LogP contribution in [0.3, 0.4) is 0 Å². The molecular weight excluding hydrogens is 411 g/mol. The van der Waals surface area contributed by atoms with Crippen molar-refractivity contribution in [1.29, 1.82) is 0 Å². The molecule has 2 heterocycles. The van der Waals surface area contributed by atoms with Crippen molar-refractivity contribution in [3.8, 4) is 17.0 Å². The average molecular weight is 429 g/mol. The molecule has 0 saturated carbocycles. The molecule has 1 aliphatic heterocycles. The van der Waals surface area contributed by atoms with Gasteiger partial charge in [-0.2, -0.15) is 0 Å². The molecule has 154 valence electrons. The standard InChI is InChI=1S/C22H18ClFN2O4/c1-10-16(22(28)30-3)18(17-13-5-4-6-14(23)19(13)26-21(17)27)20(25-10)12-8-7-11(24)9-15(12)29-2/h4-9,17,25H,1-3H3,(H,26,27)/t17-/m1/s1. The zero-order valence-corrected chi connectivity index (χ0v) is 17.2. The smallest absolute Gasteiger partial charge is 0.340 e. The van der Waals surface area contributed by atoms with E-state index in [0.29, 0.717) is 38.8 Å². The average Bonchev–Trinajstić information content (AvgIpc) is 3.24. The largest absolute Gasteiger partial charge is 0.496 e. The monoisotopic (exact) mass is 428 g/mol. The van der Waals surface area contributed by atoms with Gasteiger partial charge in [0.2, 0.25) is 5.91 Å². The second-order valence-electron chi connectivity index (χ2n) is 6.88. The first-order chi connectivity index (χ1) is 14.4. The number of aryl methyl sites for hydroxylation is 1. The van der Waals surface area contributed by atoms with Crippen molar-refractivity contribution in [2.45, 2.75) is 12.8 Å². The Morgan fingerprint density at radius 2 is 1.97 bits per heavy atom. The van der Waals surface area contributed by atoms with E-state index in [9.17, 15) is 14.0 Å². The van der Waals surface area contributed by atoms with Gasteiger partial charge in [-0.25, -0.2) is 9.18 Å². The number of nitrogens with one attached hydrogen (secondary N) is 2. The van der Waals surface area contributed by atoms with Gasteiger partial charge in [-0.3, -0.25) is 4.79 Å². The summed E-state index contributed by atoms with van der Waals surface area (Å²) in [5.74, 6) is -1.94. The Morgan fingerprint density at radius 1 is 1.20 bits per heavy atom. The van der Waals surface area contributed by atoms with Gasteiger partial charge in [0.15, 0.2) is 0 Å². The van der Waals surface area contributed by atoms with Crippen LogP contribution in [0.4, 0.5) is 10.1 Å². The lowest BCUT2D eigenvalue weighted by atomic mass is 9.87. The Kier molecular flexibility index (Phi) is 4.99. The molecule has 0 unspecified atom stereocenters. The molecule has 6 nitrogen and oxygen atoms in total. The molecule has 3 aromatic rings. The van der Waals surface area contributed by atoms with Crippen LogP contribution < -0.4 is 10.1 Å². The lowest BCUT2D eigenvalue weighted by Crippen LogP contribution is -2.17. The van der Waals surface area contributed by atoms with Crippen LogP contribution in [0.25, 0.3) is 11.3 Å². The minimum Gasteiger partial charge on any atom is -0.496 e. The van der Waals surface area contributed by atoms with E-state index < -0.39 is 17.7 Å². The number of amides is 1. The van der Waals surface area contributed by atoms with E-state index in [2.05, 4.69) is 10.3 Å². The fourth-order valence-corrected chi connectivity index (χ4v) is 4.15. The van der Waals surface area contributed by atoms with Gasteiger partial charge < -0.3 is 19.8 Å². The number of methoxy groups -OCH3 is 2. The minimum absolute atomic E-state index is 0.242. The zero-order chi connectivity index (χ0) is 21.6. The van der Waals surface area contributed by atoms with Crippen LogP contribution in [-0.4, -0.2) is 31.1 Å². The fraction of sp³-hybridized carbons (Fsp3) is 0.182. The number of rotatable bonds is 4. The maximum atomic E-state index is 13.8. The minimum atomic E-state index is -0.817. The summed E-state index contributed by atoms with van der Waals surface area (Å²) in [4.78, 5) is 28.8. The number of fused-ring (bicyclic) bond motifs is 1. The maximum Gasteiger partial charge on any atom is 0.340 e. The number of benzene rings is 2. The van der Waals surface area contributed by atoms with Crippen LogP contribution in [0.2, 0.25) is 5.02 Å². The molecule has 0 bridgehead atoms. The number of aromatic nitrogens is 1. The van der Waals surface area contributed by atoms with Crippen LogP contribution in [0.15, 0.2) is 36.4 Å². The first-order valence-electron chi connectivity index (χ1n) is 9.11. The highest BCUT2D eigenvalue weighted by atomic mass is 35.5. The summed E-state index contributed by atoms with van der Waals surface area (Å²) in [5.41, 5.74) is 3.30. The Morgan fingerprint density at radius 3 is 2.67 bits per heavy atom. The third-order valence-corrected chi connectivity index (χ3v) is 5.52. The van der Waals surface area contributed by atoms with Gasteiger partial charge in [-0.05, 0) is 30.7 Å². The highest BCUT2D eigenvalue weighted by molar-refractivity contribution is 6.34. The van der Waals surface area contributed by atoms with Gasteiger partial charge in [0.05, 0.1) is 42.1 Å². The van der Waals surface area contributed by atoms with E-state index in [4.69, 9.17) is 21.1 Å². The third-order valence-electron chi connectivity index (χ3n) is 5.20. The maximum absolute atomic E-state index is 13.8. The number of ether oxygens (including phenoxy) is 2. The first kappa shape index (κ1) is 20.0. The third kappa shape index (κ3) is 3.02. The van der Waals surface area contributed by atoms with E-state index in [1.54, 1.807) is 25.1 Å². The molecule has 30 heavy (non-hydrogen) atoms. The molecule has 4 rings (SSSR count). The molecule has 1 aromatic heterocycles. The zero-order valence-electron chi connectivity index (χ0n) is 16.4. The van der Waals surface area contributed by atoms with Crippen LogP contribution in [-0.2, 0) is 9.53 Å². The van der Waals surface area contributed by atoms with E-state index >= 15 is 0 Å². The summed E-state index contributed by atoms with van der Waals surface area (Å²) in [6, 6.07) is 9.26. The lowest BCUT2D eigenvalue weighted by molar-refractivity contribution is -0.116. The Balaban J connectivity index is 2.04. The summed E-state index contributed by atoms with van der Waals surface area (Å²) in [6.07, 6.45) is 0. The number of esters is 1. The van der Waals surface area contributed by atoms with Gasteiger partial charge in [0.25, 0.3) is 0 Å². The number of anilines is 1. The lowest BCUT2D eigenvalue weighted by Gasteiger charge is -2.15. The first-order valence-corrected chi connectivity index (χ1v) is 9.49. The highest BCUT2D eigenvalue weighted by Gasteiger charge is 2.39. The van der Waals surface area contributed by atoms with Gasteiger partial charge in [0.1, 0.15) is 11.6 Å². The van der Waals surface area contributed by atoms with Crippen molar-refractivity contribution in [3.63, 3.8) is 0 Å². The van der Waals surface area contributed by atoms with Crippen molar-refractivity contribution in [3.05, 3.63) is 69.6 Å². The van der Waals surface area contributed by atoms with Crippen LogP contribution in [0.5, 0.6) is 5.75 Å². The van der Waals surface area contributed by atoms with Gasteiger partial charge in [0, 0.05) is 22.9 Å². The van der Waals surface area contributed by atoms with Crippen molar-refractivity contribution in [1.82, 2.24) is 4.98 Å². The molecule has 2 aromatic carbocycles. The summed E-state index contributed by atoms with van der Waals surface area (Å²) in [7, 11) is 2.70. The molecule has 1 aliphatic rings. The fourth-order valence-electron chi connectivity index (χ4n) is 3.92. The number of hydrogen-bond acceptors (Lipinski definition) is 4. The number of para-hydroxylation sites is 1. The topological polar surface area (TPSA) is 80.4 Å². The Hall–Kier alpha value is -3.32. The van der Waals surface area contributed by atoms with Crippen LogP contribution in [0.1, 0.15) is 33.1 Å². The molecule has 0 aliphatic carbocycles. The molecular formula is C22H18ClFN2O4. The quantitative estimate of drug-likeness (QED) is 0.592. The number of H-pyrrole nitrogens is 1. The van der Waals surface area contributed by atoms with Crippen molar-refractivity contribution < 1.29 is 23.5 Å². The number of carbonyl (C=O) groups excluding carboxylic acids is 2. The summed E-state index contributed by atoms with van der Waals surface area (Å²) in [6.45, 7) is 1.71. The molecule has 0 fully saturated rings. The van der Waals surface area contributed by atoms with Gasteiger partial charge in [-0.1, -0.05) is 23.7 Å². The van der Waals surface area contributed by atoms with Crippen LogP contribution in [0, 0.1) is 12.7 Å². The molecule has 0 saturated heterocycles. The highest BCUT2D eigenvalue weighted by Crippen LogP contribution is 2.47. The predicted octanol–water partition coefficient (Wildman–Crippen LogP) is 4.66. The second kappa shape index (κ2) is 7.50. The summed E-state index contributed by atoms with van der Waals surface area (Å²) < 4.78 is 24.1. The van der Waals surface area contributed by atoms with Crippen LogP contribution >= 0.6 is 11.6 Å². The molecule has 8 heteroatoms. The van der Waals surface area contributed by atoms with Crippen molar-refractivity contribution >= 4 is 29.2 Å². The molecule has 2 N–H and O–H groups in total. The van der Waals surface area contributed by atoms with Gasteiger partial charge >= 0.3 is 5.97 Å². The van der Waals surface area contributed by atoms with Gasteiger partial charge in [-0.15, -0.1) is 0 Å². The molecule has 0 radical (unpaired) electrons. The summed E-state index contributed by atoms with van der Waals surface area (Å²) >= 11 is 6.27. The Bertz CT molecular complexity index is 1190. The molecule has 1 amide bonds. The number of aromatic amines is 1. The molecule has 1 atom stereocenters. The van der Waals surface area contributed by atoms with E-state index in [-0.39, 0.29) is 17.2 Å². The summed E-state index contributed by atoms with van der Waals surface area (Å²) in [5, 5.41) is 3.20. The van der Waals surface area contributed by atoms with E-state index in [1.807, 2.05) is 0 Å². The van der Waals surface area contributed by atoms with E-state index in [1.165, 1.54) is 32.4 Å². The number of halogens is 2. The molecule has 0 spiro atoms.